The molecule has 3 aromatic carbocycles. The van der Waals surface area contributed by atoms with Crippen molar-refractivity contribution in [3.8, 4) is 28.5 Å². The highest BCUT2D eigenvalue weighted by molar-refractivity contribution is 6.16. The van der Waals surface area contributed by atoms with Crippen LogP contribution in [-0.4, -0.2) is 46.5 Å². The summed E-state index contributed by atoms with van der Waals surface area (Å²) in [5, 5.41) is 6.10. The van der Waals surface area contributed by atoms with E-state index in [2.05, 4.69) is 10.1 Å². The van der Waals surface area contributed by atoms with Crippen molar-refractivity contribution in [3.05, 3.63) is 78.4 Å². The highest BCUT2D eigenvalue weighted by Crippen LogP contribution is 2.45. The van der Waals surface area contributed by atoms with Gasteiger partial charge in [0.25, 0.3) is 6.43 Å². The van der Waals surface area contributed by atoms with E-state index in [1.165, 1.54) is 6.07 Å². The second kappa shape index (κ2) is 12.4. The number of methoxy groups -OCH3 is 1. The summed E-state index contributed by atoms with van der Waals surface area (Å²) in [7, 11) is 1.59. The average molecular weight is 630 g/mol. The minimum absolute atomic E-state index is 0.141. The van der Waals surface area contributed by atoms with Crippen LogP contribution in [0.5, 0.6) is 17.4 Å². The van der Waals surface area contributed by atoms with Crippen LogP contribution in [-0.2, 0) is 11.3 Å². The van der Waals surface area contributed by atoms with E-state index in [0.717, 1.165) is 24.8 Å². The molecule has 46 heavy (non-hydrogen) atoms. The number of nitrogens with zero attached hydrogens (tertiary/aromatic N) is 4. The number of hydrogen-bond donors (Lipinski definition) is 1. The number of anilines is 1. The monoisotopic (exact) mass is 629 g/mol. The SMILES string of the molecule is COc1ccc(COc2nc3c(cc(OCC(F)F)c4ncccc43)c(-c3ccc(F)c4nn(C5CCCCO5)cc34)c2N)cc1. The molecule has 6 aromatic rings. The summed E-state index contributed by atoms with van der Waals surface area (Å²) in [4.78, 5) is 9.24. The lowest BCUT2D eigenvalue weighted by molar-refractivity contribution is -0.0391. The largest absolute Gasteiger partial charge is 0.497 e. The maximum atomic E-state index is 15.3. The van der Waals surface area contributed by atoms with Gasteiger partial charge in [-0.1, -0.05) is 18.2 Å². The molecule has 0 spiro atoms. The average Bonchev–Trinajstić information content (AvgIpc) is 3.54. The first-order valence-electron chi connectivity index (χ1n) is 14.9. The summed E-state index contributed by atoms with van der Waals surface area (Å²) in [6.07, 6.45) is 2.95. The van der Waals surface area contributed by atoms with Gasteiger partial charge in [-0.15, -0.1) is 0 Å². The number of rotatable bonds is 9. The lowest BCUT2D eigenvalue weighted by Crippen LogP contribution is -2.18. The molecular formula is C34H30F3N5O4. The van der Waals surface area contributed by atoms with Gasteiger partial charge in [0.1, 0.15) is 47.7 Å². The normalized spacial score (nSPS) is 15.2. The van der Waals surface area contributed by atoms with E-state index in [0.29, 0.717) is 50.7 Å². The minimum atomic E-state index is -2.70. The molecule has 0 bridgehead atoms. The standard InChI is InChI=1S/C34H30F3N5O4/c1-43-20-9-7-19(8-10-20)17-46-34-30(38)29(21-11-12-25(35)32-24(21)16-42(41-32)28-6-2-3-14-44-28)23-15-26(45-18-27(36)37)33-22(31(23)40-34)5-4-13-39-33/h4-5,7-13,15-16,27-28H,2-3,6,14,17-18,38H2,1H3. The van der Waals surface area contributed by atoms with Crippen LogP contribution in [0.1, 0.15) is 31.1 Å². The Morgan fingerprint density at radius 1 is 1.00 bits per heavy atom. The van der Waals surface area contributed by atoms with Crippen LogP contribution in [0.15, 0.2) is 67.0 Å². The molecule has 0 amide bonds. The topological polar surface area (TPSA) is 107 Å². The Balaban J connectivity index is 1.45. The van der Waals surface area contributed by atoms with Crippen LogP contribution < -0.4 is 19.9 Å². The van der Waals surface area contributed by atoms with E-state index in [1.807, 2.05) is 24.3 Å². The number of pyridine rings is 2. The van der Waals surface area contributed by atoms with Crippen molar-refractivity contribution in [1.82, 2.24) is 19.7 Å². The Bertz CT molecular complexity index is 2050. The molecular weight excluding hydrogens is 599 g/mol. The molecule has 1 unspecified atom stereocenters. The Hall–Kier alpha value is -5.10. The maximum absolute atomic E-state index is 15.3. The van der Waals surface area contributed by atoms with E-state index in [-0.39, 0.29) is 35.7 Å². The van der Waals surface area contributed by atoms with Gasteiger partial charge < -0.3 is 24.7 Å². The van der Waals surface area contributed by atoms with Gasteiger partial charge in [0.15, 0.2) is 5.82 Å². The third kappa shape index (κ3) is 5.49. The predicted octanol–water partition coefficient (Wildman–Crippen LogP) is 7.45. The number of hydrogen-bond acceptors (Lipinski definition) is 8. The van der Waals surface area contributed by atoms with E-state index >= 15 is 4.39 Å². The molecule has 12 heteroatoms. The number of fused-ring (bicyclic) bond motifs is 4. The van der Waals surface area contributed by atoms with Crippen molar-refractivity contribution in [2.45, 2.75) is 38.5 Å². The molecule has 236 valence electrons. The first kappa shape index (κ1) is 29.6. The fourth-order valence-electron chi connectivity index (χ4n) is 5.86. The molecule has 0 aliphatic carbocycles. The summed E-state index contributed by atoms with van der Waals surface area (Å²) >= 11 is 0. The van der Waals surface area contributed by atoms with Gasteiger partial charge in [-0.3, -0.25) is 4.98 Å². The smallest absolute Gasteiger partial charge is 0.272 e. The van der Waals surface area contributed by atoms with Gasteiger partial charge in [-0.25, -0.2) is 22.8 Å². The van der Waals surface area contributed by atoms with Crippen molar-refractivity contribution in [1.29, 1.82) is 0 Å². The van der Waals surface area contributed by atoms with Crippen molar-refractivity contribution in [2.24, 2.45) is 0 Å². The van der Waals surface area contributed by atoms with Gasteiger partial charge in [0, 0.05) is 40.7 Å². The first-order chi connectivity index (χ1) is 22.4. The second-order valence-corrected chi connectivity index (χ2v) is 11.0. The zero-order valence-electron chi connectivity index (χ0n) is 24.9. The van der Waals surface area contributed by atoms with Crippen LogP contribution in [0.4, 0.5) is 18.9 Å². The van der Waals surface area contributed by atoms with E-state index < -0.39 is 18.8 Å². The van der Waals surface area contributed by atoms with E-state index in [1.54, 1.807) is 48.5 Å². The Morgan fingerprint density at radius 3 is 2.61 bits per heavy atom. The number of aromatic nitrogens is 4. The molecule has 7 rings (SSSR count). The lowest BCUT2D eigenvalue weighted by Gasteiger charge is -2.22. The third-order valence-electron chi connectivity index (χ3n) is 8.07. The van der Waals surface area contributed by atoms with Crippen molar-refractivity contribution in [3.63, 3.8) is 0 Å². The van der Waals surface area contributed by atoms with Gasteiger partial charge in [-0.05, 0) is 66.8 Å². The van der Waals surface area contributed by atoms with Gasteiger partial charge >= 0.3 is 0 Å². The summed E-state index contributed by atoms with van der Waals surface area (Å²) in [6, 6.07) is 15.4. The van der Waals surface area contributed by atoms with E-state index in [4.69, 9.17) is 29.7 Å². The molecule has 0 radical (unpaired) electrons. The number of benzene rings is 3. The molecule has 1 aliphatic heterocycles. The predicted molar refractivity (Wildman–Crippen MR) is 168 cm³/mol. The maximum Gasteiger partial charge on any atom is 0.272 e. The molecule has 1 fully saturated rings. The van der Waals surface area contributed by atoms with Gasteiger partial charge in [0.2, 0.25) is 5.88 Å². The summed E-state index contributed by atoms with van der Waals surface area (Å²) < 4.78 is 66.4. The Morgan fingerprint density at radius 2 is 1.85 bits per heavy atom. The van der Waals surface area contributed by atoms with Crippen LogP contribution >= 0.6 is 0 Å². The van der Waals surface area contributed by atoms with Crippen molar-refractivity contribution < 1.29 is 32.1 Å². The molecule has 2 N–H and O–H groups in total. The highest BCUT2D eigenvalue weighted by atomic mass is 19.3. The molecule has 4 heterocycles. The zero-order chi connectivity index (χ0) is 31.8. The fraction of sp³-hybridized carbons (Fsp3) is 0.265. The first-order valence-corrected chi connectivity index (χ1v) is 14.9. The number of nitrogens with two attached hydrogens (primary N) is 1. The number of alkyl halides is 2. The molecule has 1 aliphatic rings. The Kier molecular flexibility index (Phi) is 7.95. The van der Waals surface area contributed by atoms with Crippen LogP contribution in [0.2, 0.25) is 0 Å². The summed E-state index contributed by atoms with van der Waals surface area (Å²) in [5.74, 6) is 0.488. The number of ether oxygens (including phenoxy) is 4. The second-order valence-electron chi connectivity index (χ2n) is 11.0. The lowest BCUT2D eigenvalue weighted by atomic mass is 9.95. The Labute approximate surface area is 261 Å². The number of halogens is 3. The molecule has 1 saturated heterocycles. The fourth-order valence-corrected chi connectivity index (χ4v) is 5.86. The van der Waals surface area contributed by atoms with Gasteiger partial charge in [-0.2, -0.15) is 5.10 Å². The minimum Gasteiger partial charge on any atom is -0.497 e. The molecule has 3 aromatic heterocycles. The van der Waals surface area contributed by atoms with E-state index in [9.17, 15) is 8.78 Å². The molecule has 9 nitrogen and oxygen atoms in total. The summed E-state index contributed by atoms with van der Waals surface area (Å²) in [6.45, 7) is -0.0866. The van der Waals surface area contributed by atoms with Crippen molar-refractivity contribution in [2.75, 3.05) is 26.1 Å². The van der Waals surface area contributed by atoms with Crippen LogP contribution in [0, 0.1) is 5.82 Å². The zero-order valence-corrected chi connectivity index (χ0v) is 24.9. The highest BCUT2D eigenvalue weighted by Gasteiger charge is 2.25. The molecule has 1 atom stereocenters. The quantitative estimate of drug-likeness (QED) is 0.164. The number of nitrogen functional groups attached to an aromatic ring is 1. The molecule has 0 saturated carbocycles. The third-order valence-corrected chi connectivity index (χ3v) is 8.07. The van der Waals surface area contributed by atoms with Crippen LogP contribution in [0.3, 0.4) is 0 Å². The van der Waals surface area contributed by atoms with Crippen molar-refractivity contribution >= 4 is 38.4 Å². The summed E-state index contributed by atoms with van der Waals surface area (Å²) in [5.41, 5.74) is 9.87. The van der Waals surface area contributed by atoms with Crippen LogP contribution in [0.25, 0.3) is 43.8 Å². The van der Waals surface area contributed by atoms with Gasteiger partial charge in [0.05, 0.1) is 12.6 Å².